The van der Waals surface area contributed by atoms with E-state index in [1.807, 2.05) is 0 Å². The third-order valence-corrected chi connectivity index (χ3v) is 12.3. The van der Waals surface area contributed by atoms with Crippen LogP contribution >= 0.6 is 0 Å². The molecule has 1 unspecified atom stereocenters. The summed E-state index contributed by atoms with van der Waals surface area (Å²) in [5.74, 6) is -0.401. The molecule has 5 heteroatoms. The minimum Gasteiger partial charge on any atom is -0.462 e. The second-order valence-electron chi connectivity index (χ2n) is 18.8. The van der Waals surface area contributed by atoms with Gasteiger partial charge in [0.1, 0.15) is 6.61 Å². The van der Waals surface area contributed by atoms with E-state index in [-0.39, 0.29) is 25.2 Å². The quantitative estimate of drug-likeness (QED) is 0.0346. The van der Waals surface area contributed by atoms with E-state index in [1.165, 1.54) is 199 Å². The zero-order valence-corrected chi connectivity index (χ0v) is 43.1. The summed E-state index contributed by atoms with van der Waals surface area (Å²) in [6.07, 6.45) is 68.3. The van der Waals surface area contributed by atoms with Gasteiger partial charge in [0.15, 0.2) is 6.10 Å². The summed E-state index contributed by atoms with van der Waals surface area (Å²) in [5.41, 5.74) is 0. The Morgan fingerprint density at radius 2 is 0.656 bits per heavy atom. The molecule has 0 heterocycles. The molecular weight excluding hydrogens is 789 g/mol. The molecule has 5 nitrogen and oxygen atoms in total. The van der Waals surface area contributed by atoms with Crippen LogP contribution in [0.25, 0.3) is 0 Å². The number of carbonyl (C=O) groups excluding carboxylic acids is 2. The Balaban J connectivity index is 4.27. The van der Waals surface area contributed by atoms with Crippen molar-refractivity contribution < 1.29 is 23.8 Å². The van der Waals surface area contributed by atoms with Gasteiger partial charge in [-0.25, -0.2) is 0 Å². The lowest BCUT2D eigenvalue weighted by atomic mass is 10.0. The van der Waals surface area contributed by atoms with Crippen molar-refractivity contribution in [3.63, 3.8) is 0 Å². The third-order valence-electron chi connectivity index (χ3n) is 12.3. The van der Waals surface area contributed by atoms with Crippen molar-refractivity contribution in [3.8, 4) is 0 Å². The number of carbonyl (C=O) groups is 2. The Bertz CT molecular complexity index is 1060. The Kier molecular flexibility index (Phi) is 53.3. The largest absolute Gasteiger partial charge is 0.462 e. The fourth-order valence-corrected chi connectivity index (χ4v) is 8.10. The van der Waals surface area contributed by atoms with Crippen molar-refractivity contribution in [3.05, 3.63) is 48.6 Å². The van der Waals surface area contributed by atoms with Crippen molar-refractivity contribution >= 4 is 11.9 Å². The van der Waals surface area contributed by atoms with Crippen molar-refractivity contribution in [2.75, 3.05) is 19.8 Å². The summed E-state index contributed by atoms with van der Waals surface area (Å²) in [4.78, 5) is 25.5. The van der Waals surface area contributed by atoms with E-state index in [1.54, 1.807) is 0 Å². The molecule has 0 aromatic heterocycles. The highest BCUT2D eigenvalue weighted by Gasteiger charge is 2.17. The van der Waals surface area contributed by atoms with Gasteiger partial charge in [-0.15, -0.1) is 0 Å². The molecule has 0 amide bonds. The smallest absolute Gasteiger partial charge is 0.306 e. The normalized spacial score (nSPS) is 12.5. The van der Waals surface area contributed by atoms with E-state index in [4.69, 9.17) is 14.2 Å². The number of esters is 2. The second-order valence-corrected chi connectivity index (χ2v) is 18.8. The highest BCUT2D eigenvalue weighted by atomic mass is 16.6. The van der Waals surface area contributed by atoms with Gasteiger partial charge >= 0.3 is 11.9 Å². The monoisotopic (exact) mass is 897 g/mol. The number of rotatable bonds is 52. The van der Waals surface area contributed by atoms with Gasteiger partial charge in [0.25, 0.3) is 0 Å². The first-order chi connectivity index (χ1) is 31.6. The van der Waals surface area contributed by atoms with E-state index in [9.17, 15) is 9.59 Å². The zero-order chi connectivity index (χ0) is 46.3. The summed E-state index contributed by atoms with van der Waals surface area (Å²) in [7, 11) is 0. The molecule has 0 saturated heterocycles. The Morgan fingerprint density at radius 1 is 0.344 bits per heavy atom. The van der Waals surface area contributed by atoms with Gasteiger partial charge in [-0.2, -0.15) is 0 Å². The van der Waals surface area contributed by atoms with Gasteiger partial charge in [-0.1, -0.05) is 243 Å². The van der Waals surface area contributed by atoms with Crippen molar-refractivity contribution in [1.29, 1.82) is 0 Å². The zero-order valence-electron chi connectivity index (χ0n) is 43.1. The first kappa shape index (κ1) is 61.9. The minimum atomic E-state index is -0.541. The number of hydrogen-bond donors (Lipinski definition) is 0. The molecule has 0 N–H and O–H groups in total. The van der Waals surface area contributed by atoms with Crippen LogP contribution in [-0.2, 0) is 23.8 Å². The average Bonchev–Trinajstić information content (AvgIpc) is 3.30. The molecular formula is C59H108O5. The standard InChI is InChI=1S/C59H108O5/c1-4-7-10-13-16-19-22-25-28-30-32-34-37-40-43-46-49-52-58(60)63-56-57(55-62-54-51-48-45-42-39-36-27-24-21-18-15-12-9-6-3)64-59(61)53-50-47-44-41-38-35-33-31-29-26-23-20-17-14-11-8-5-2/h16-17,19-20,25-26,28-29,57H,4-15,18,21-24,27,30-56H2,1-3H3/b19-16-,20-17-,28-25-,29-26-. The van der Waals surface area contributed by atoms with Gasteiger partial charge in [-0.3, -0.25) is 9.59 Å². The van der Waals surface area contributed by atoms with Gasteiger partial charge in [-0.05, 0) is 83.5 Å². The number of unbranched alkanes of at least 4 members (excludes halogenated alkanes) is 33. The molecule has 0 aliphatic rings. The summed E-state index contributed by atoms with van der Waals surface area (Å²) >= 11 is 0. The van der Waals surface area contributed by atoms with Gasteiger partial charge in [0.05, 0.1) is 6.61 Å². The highest BCUT2D eigenvalue weighted by Crippen LogP contribution is 2.15. The van der Waals surface area contributed by atoms with Gasteiger partial charge in [0, 0.05) is 19.4 Å². The van der Waals surface area contributed by atoms with Crippen molar-refractivity contribution in [2.24, 2.45) is 0 Å². The molecule has 0 aromatic carbocycles. The molecule has 0 aliphatic heterocycles. The minimum absolute atomic E-state index is 0.0813. The molecule has 0 saturated carbocycles. The lowest BCUT2D eigenvalue weighted by molar-refractivity contribution is -0.163. The molecule has 0 spiro atoms. The summed E-state index contributed by atoms with van der Waals surface area (Å²) < 4.78 is 17.5. The van der Waals surface area contributed by atoms with Crippen LogP contribution in [0.15, 0.2) is 48.6 Å². The van der Waals surface area contributed by atoms with E-state index < -0.39 is 6.10 Å². The van der Waals surface area contributed by atoms with Gasteiger partial charge in [0.2, 0.25) is 0 Å². The van der Waals surface area contributed by atoms with Crippen LogP contribution in [0.1, 0.15) is 290 Å². The maximum atomic E-state index is 12.8. The Labute approximate surface area is 399 Å². The molecule has 0 radical (unpaired) electrons. The fourth-order valence-electron chi connectivity index (χ4n) is 8.10. The molecule has 64 heavy (non-hydrogen) atoms. The van der Waals surface area contributed by atoms with Crippen molar-refractivity contribution in [1.82, 2.24) is 0 Å². The van der Waals surface area contributed by atoms with Crippen LogP contribution in [-0.4, -0.2) is 37.9 Å². The third kappa shape index (κ3) is 52.5. The lowest BCUT2D eigenvalue weighted by Gasteiger charge is -2.18. The second kappa shape index (κ2) is 55.2. The first-order valence-electron chi connectivity index (χ1n) is 28.2. The van der Waals surface area contributed by atoms with Crippen LogP contribution in [0.4, 0.5) is 0 Å². The Hall–Kier alpha value is -2.14. The van der Waals surface area contributed by atoms with Crippen LogP contribution < -0.4 is 0 Å². The maximum Gasteiger partial charge on any atom is 0.306 e. The van der Waals surface area contributed by atoms with Crippen molar-refractivity contribution in [2.45, 2.75) is 297 Å². The lowest BCUT2D eigenvalue weighted by Crippen LogP contribution is -2.30. The SMILES string of the molecule is CCCCC/C=C\C/C=C\CCCCCCCCCC(=O)OCC(COCCCCCCCCCCCCCCCC)OC(=O)CCCCCCCCC/C=C\C/C=C\CCCCC. The average molecular weight is 898 g/mol. The molecule has 0 aliphatic carbocycles. The topological polar surface area (TPSA) is 61.8 Å². The summed E-state index contributed by atoms with van der Waals surface area (Å²) in [5, 5.41) is 0. The van der Waals surface area contributed by atoms with E-state index in [2.05, 4.69) is 69.4 Å². The van der Waals surface area contributed by atoms with Crippen LogP contribution in [0.5, 0.6) is 0 Å². The van der Waals surface area contributed by atoms with E-state index in [0.717, 1.165) is 57.8 Å². The molecule has 1 atom stereocenters. The molecule has 0 rings (SSSR count). The molecule has 0 fully saturated rings. The van der Waals surface area contributed by atoms with E-state index in [0.29, 0.717) is 19.4 Å². The number of ether oxygens (including phenoxy) is 3. The fraction of sp³-hybridized carbons (Fsp3) is 0.831. The summed E-state index contributed by atoms with van der Waals surface area (Å²) in [6, 6.07) is 0. The van der Waals surface area contributed by atoms with Crippen LogP contribution in [0, 0.1) is 0 Å². The Morgan fingerprint density at radius 3 is 1.06 bits per heavy atom. The van der Waals surface area contributed by atoms with Crippen LogP contribution in [0.3, 0.4) is 0 Å². The number of hydrogen-bond acceptors (Lipinski definition) is 5. The maximum absolute atomic E-state index is 12.8. The predicted octanol–water partition coefficient (Wildman–Crippen LogP) is 19.1. The molecule has 0 aromatic rings. The van der Waals surface area contributed by atoms with Gasteiger partial charge < -0.3 is 14.2 Å². The van der Waals surface area contributed by atoms with E-state index >= 15 is 0 Å². The van der Waals surface area contributed by atoms with Crippen LogP contribution in [0.2, 0.25) is 0 Å². The first-order valence-corrected chi connectivity index (χ1v) is 28.2. The molecule has 0 bridgehead atoms. The number of allylic oxidation sites excluding steroid dienone is 8. The molecule has 374 valence electrons. The highest BCUT2D eigenvalue weighted by molar-refractivity contribution is 5.70. The predicted molar refractivity (Wildman–Crippen MR) is 279 cm³/mol. The summed E-state index contributed by atoms with van der Waals surface area (Å²) in [6.45, 7) is 7.81.